The van der Waals surface area contributed by atoms with E-state index in [9.17, 15) is 14.4 Å². The predicted molar refractivity (Wildman–Crippen MR) is 107 cm³/mol. The lowest BCUT2D eigenvalue weighted by molar-refractivity contribution is 0.0950. The average molecular weight is 410 g/mol. The summed E-state index contributed by atoms with van der Waals surface area (Å²) >= 11 is 0.993. The summed E-state index contributed by atoms with van der Waals surface area (Å²) in [6.07, 6.45) is 1.24. The Labute approximate surface area is 169 Å². The van der Waals surface area contributed by atoms with Crippen molar-refractivity contribution in [2.24, 2.45) is 0 Å². The van der Waals surface area contributed by atoms with Gasteiger partial charge in [-0.05, 0) is 19.4 Å². The van der Waals surface area contributed by atoms with Crippen molar-refractivity contribution < 1.29 is 4.79 Å². The number of hydrogen-bond donors (Lipinski definition) is 1. The lowest BCUT2D eigenvalue weighted by Gasteiger charge is -2.07. The Hall–Kier alpha value is -3.58. The van der Waals surface area contributed by atoms with Gasteiger partial charge in [0.2, 0.25) is 5.01 Å². The maximum atomic E-state index is 12.4. The van der Waals surface area contributed by atoms with Crippen molar-refractivity contribution in [2.75, 3.05) is 0 Å². The summed E-state index contributed by atoms with van der Waals surface area (Å²) in [5, 5.41) is 20.1. The van der Waals surface area contributed by atoms with Crippen LogP contribution in [0.2, 0.25) is 0 Å². The Morgan fingerprint density at radius 3 is 2.62 bits per heavy atom. The van der Waals surface area contributed by atoms with Crippen LogP contribution in [0, 0.1) is 18.3 Å². The van der Waals surface area contributed by atoms with Crippen LogP contribution >= 0.6 is 11.3 Å². The topological polar surface area (TPSA) is 123 Å². The molecule has 0 saturated carbocycles. The molecule has 2 heterocycles. The standard InChI is InChI=1S/C19H18N6O3S/c1-3-24-10-14(8-20)18(27)25(19(24)28)11-15-22-23-17(29-15)16(26)21-9-13-6-4-12(2)5-7-13/h4-7,10H,3,9,11H2,1-2H3,(H,21,26). The smallest absolute Gasteiger partial charge is 0.331 e. The van der Waals surface area contributed by atoms with Gasteiger partial charge in [-0.1, -0.05) is 41.2 Å². The van der Waals surface area contributed by atoms with Gasteiger partial charge in [-0.25, -0.2) is 4.79 Å². The molecular formula is C19H18N6O3S. The van der Waals surface area contributed by atoms with Gasteiger partial charge < -0.3 is 5.32 Å². The van der Waals surface area contributed by atoms with E-state index in [4.69, 9.17) is 5.26 Å². The van der Waals surface area contributed by atoms with Crippen molar-refractivity contribution in [3.05, 3.63) is 78.0 Å². The van der Waals surface area contributed by atoms with Gasteiger partial charge >= 0.3 is 5.69 Å². The molecule has 3 aromatic rings. The number of amides is 1. The van der Waals surface area contributed by atoms with E-state index >= 15 is 0 Å². The number of nitrogens with zero attached hydrogens (tertiary/aromatic N) is 5. The SMILES string of the molecule is CCn1cc(C#N)c(=O)n(Cc2nnc(C(=O)NCc3ccc(C)cc3)s2)c1=O. The molecule has 0 spiro atoms. The molecule has 0 bridgehead atoms. The van der Waals surface area contributed by atoms with Gasteiger partial charge in [-0.2, -0.15) is 5.26 Å². The van der Waals surface area contributed by atoms with Crippen molar-refractivity contribution in [2.45, 2.75) is 33.5 Å². The van der Waals surface area contributed by atoms with Crippen molar-refractivity contribution in [3.8, 4) is 6.07 Å². The lowest BCUT2D eigenvalue weighted by Crippen LogP contribution is -2.40. The quantitative estimate of drug-likeness (QED) is 0.648. The minimum absolute atomic E-state index is 0.132. The third-order valence-corrected chi connectivity index (χ3v) is 5.13. The molecule has 29 heavy (non-hydrogen) atoms. The molecule has 0 unspecified atom stereocenters. The van der Waals surface area contributed by atoms with Crippen LogP contribution in [0.25, 0.3) is 0 Å². The van der Waals surface area contributed by atoms with Gasteiger partial charge in [0.15, 0.2) is 0 Å². The van der Waals surface area contributed by atoms with Gasteiger partial charge in [-0.3, -0.25) is 18.7 Å². The Kier molecular flexibility index (Phi) is 5.99. The first kappa shape index (κ1) is 20.2. The van der Waals surface area contributed by atoms with E-state index in [1.807, 2.05) is 31.2 Å². The molecule has 0 atom stereocenters. The number of rotatable bonds is 6. The lowest BCUT2D eigenvalue weighted by atomic mass is 10.1. The van der Waals surface area contributed by atoms with E-state index in [1.54, 1.807) is 13.0 Å². The fraction of sp³-hybridized carbons (Fsp3) is 0.263. The molecule has 10 heteroatoms. The zero-order chi connectivity index (χ0) is 21.0. The van der Waals surface area contributed by atoms with Crippen LogP contribution in [-0.2, 0) is 19.6 Å². The number of nitrogens with one attached hydrogen (secondary N) is 1. The number of benzene rings is 1. The highest BCUT2D eigenvalue weighted by Gasteiger charge is 2.16. The van der Waals surface area contributed by atoms with Crippen molar-refractivity contribution in [1.29, 1.82) is 5.26 Å². The van der Waals surface area contributed by atoms with Gasteiger partial charge in [0.05, 0.1) is 6.54 Å². The molecule has 0 aliphatic rings. The number of hydrogen-bond acceptors (Lipinski definition) is 7. The van der Waals surface area contributed by atoms with Gasteiger partial charge in [0, 0.05) is 19.3 Å². The molecule has 3 rings (SSSR count). The fourth-order valence-electron chi connectivity index (χ4n) is 2.60. The van der Waals surface area contributed by atoms with Gasteiger partial charge in [0.1, 0.15) is 16.6 Å². The zero-order valence-electron chi connectivity index (χ0n) is 15.9. The number of carbonyl (C=O) groups is 1. The fourth-order valence-corrected chi connectivity index (χ4v) is 3.35. The van der Waals surface area contributed by atoms with Crippen molar-refractivity contribution >= 4 is 17.2 Å². The monoisotopic (exact) mass is 410 g/mol. The molecule has 148 valence electrons. The van der Waals surface area contributed by atoms with Crippen LogP contribution in [0.1, 0.15) is 38.4 Å². The van der Waals surface area contributed by atoms with Crippen LogP contribution < -0.4 is 16.6 Å². The summed E-state index contributed by atoms with van der Waals surface area (Å²) in [6, 6.07) is 9.56. The molecule has 1 N–H and O–H groups in total. The van der Waals surface area contributed by atoms with E-state index < -0.39 is 17.2 Å². The molecule has 0 fully saturated rings. The number of nitriles is 1. The first-order valence-electron chi connectivity index (χ1n) is 8.83. The maximum Gasteiger partial charge on any atom is 0.331 e. The van der Waals surface area contributed by atoms with E-state index in [0.717, 1.165) is 27.0 Å². The molecule has 0 saturated heterocycles. The summed E-state index contributed by atoms with van der Waals surface area (Å²) in [7, 11) is 0. The van der Waals surface area contributed by atoms with Crippen molar-refractivity contribution in [3.63, 3.8) is 0 Å². The summed E-state index contributed by atoms with van der Waals surface area (Å²) in [5.74, 6) is -0.390. The van der Waals surface area contributed by atoms with Crippen molar-refractivity contribution in [1.82, 2.24) is 24.6 Å². The first-order valence-corrected chi connectivity index (χ1v) is 9.65. The van der Waals surface area contributed by atoms with Gasteiger partial charge in [-0.15, -0.1) is 10.2 Å². The Morgan fingerprint density at radius 1 is 1.24 bits per heavy atom. The minimum atomic E-state index is -0.692. The predicted octanol–water partition coefficient (Wildman–Crippen LogP) is 1.04. The minimum Gasteiger partial charge on any atom is -0.346 e. The summed E-state index contributed by atoms with van der Waals surface area (Å²) in [4.78, 5) is 37.0. The average Bonchev–Trinajstić information content (AvgIpc) is 3.19. The van der Waals surface area contributed by atoms with E-state index in [1.165, 1.54) is 10.8 Å². The second kappa shape index (κ2) is 8.62. The number of carbonyl (C=O) groups excluding carboxylic acids is 1. The molecule has 0 radical (unpaired) electrons. The second-order valence-corrected chi connectivity index (χ2v) is 7.35. The Morgan fingerprint density at radius 2 is 1.97 bits per heavy atom. The van der Waals surface area contributed by atoms with Crippen LogP contribution in [0.3, 0.4) is 0 Å². The molecule has 0 aliphatic heterocycles. The van der Waals surface area contributed by atoms with E-state index in [0.29, 0.717) is 18.1 Å². The Balaban J connectivity index is 1.76. The van der Waals surface area contributed by atoms with Crippen LogP contribution in [0.5, 0.6) is 0 Å². The molecule has 9 nitrogen and oxygen atoms in total. The third kappa shape index (κ3) is 4.47. The molecule has 2 aromatic heterocycles. The highest BCUT2D eigenvalue weighted by atomic mass is 32.1. The highest BCUT2D eigenvalue weighted by Crippen LogP contribution is 2.11. The molecule has 1 amide bonds. The van der Waals surface area contributed by atoms with E-state index in [-0.39, 0.29) is 17.1 Å². The molecule has 1 aromatic carbocycles. The summed E-state index contributed by atoms with van der Waals surface area (Å²) < 4.78 is 2.20. The first-order chi connectivity index (χ1) is 13.9. The third-order valence-electron chi connectivity index (χ3n) is 4.23. The van der Waals surface area contributed by atoms with Gasteiger partial charge in [0.25, 0.3) is 11.5 Å². The molecular weight excluding hydrogens is 392 g/mol. The second-order valence-electron chi connectivity index (χ2n) is 6.28. The number of aromatic nitrogens is 4. The van der Waals surface area contributed by atoms with Crippen LogP contribution in [0.4, 0.5) is 0 Å². The normalized spacial score (nSPS) is 10.5. The Bertz CT molecular complexity index is 1200. The van der Waals surface area contributed by atoms with Crippen LogP contribution in [0.15, 0.2) is 40.1 Å². The highest BCUT2D eigenvalue weighted by molar-refractivity contribution is 7.13. The molecule has 0 aliphatic carbocycles. The summed E-state index contributed by atoms with van der Waals surface area (Å²) in [5.41, 5.74) is 0.715. The number of aryl methyl sites for hydroxylation is 2. The van der Waals surface area contributed by atoms with E-state index in [2.05, 4.69) is 15.5 Å². The summed E-state index contributed by atoms with van der Waals surface area (Å²) in [6.45, 7) is 4.22. The maximum absolute atomic E-state index is 12.4. The largest absolute Gasteiger partial charge is 0.346 e. The van der Waals surface area contributed by atoms with Crippen LogP contribution in [-0.4, -0.2) is 25.2 Å². The zero-order valence-corrected chi connectivity index (χ0v) is 16.7.